The van der Waals surface area contributed by atoms with Crippen molar-refractivity contribution in [2.24, 2.45) is 5.92 Å². The van der Waals surface area contributed by atoms with Gasteiger partial charge in [-0.05, 0) is 25.7 Å². The van der Waals surface area contributed by atoms with Gasteiger partial charge in [-0.2, -0.15) is 0 Å². The molecule has 132 valence electrons. The van der Waals surface area contributed by atoms with E-state index in [1.165, 1.54) is 12.8 Å². The summed E-state index contributed by atoms with van der Waals surface area (Å²) >= 11 is 0. The summed E-state index contributed by atoms with van der Waals surface area (Å²) in [6.07, 6.45) is 8.15. The van der Waals surface area contributed by atoms with Crippen molar-refractivity contribution in [1.82, 2.24) is 25.2 Å². The van der Waals surface area contributed by atoms with Gasteiger partial charge >= 0.3 is 0 Å². The van der Waals surface area contributed by atoms with Crippen LogP contribution in [0.2, 0.25) is 0 Å². The van der Waals surface area contributed by atoms with Crippen LogP contribution in [0.5, 0.6) is 0 Å². The van der Waals surface area contributed by atoms with Crippen LogP contribution in [0, 0.1) is 5.92 Å². The maximum Gasteiger partial charge on any atom is 0.273 e. The molecule has 7 nitrogen and oxygen atoms in total. The van der Waals surface area contributed by atoms with E-state index in [4.69, 9.17) is 0 Å². The first-order valence-electron chi connectivity index (χ1n) is 9.06. The number of carbonyl (C=O) groups excluding carboxylic acids is 2. The molecule has 1 N–H and O–H groups in total. The summed E-state index contributed by atoms with van der Waals surface area (Å²) in [7, 11) is 0. The largest absolute Gasteiger partial charge is 0.348 e. The van der Waals surface area contributed by atoms with Crippen molar-refractivity contribution in [3.8, 4) is 0 Å². The Morgan fingerprint density at radius 1 is 1.25 bits per heavy atom. The van der Waals surface area contributed by atoms with Gasteiger partial charge in [0.25, 0.3) is 5.91 Å². The molecule has 2 aliphatic rings. The second kappa shape index (κ2) is 7.32. The number of rotatable bonds is 5. The lowest BCUT2D eigenvalue weighted by molar-refractivity contribution is -0.135. The summed E-state index contributed by atoms with van der Waals surface area (Å²) in [5.41, 5.74) is 0.363. The molecule has 3 rings (SSSR count). The van der Waals surface area contributed by atoms with E-state index in [2.05, 4.69) is 15.6 Å². The van der Waals surface area contributed by atoms with Gasteiger partial charge in [0.15, 0.2) is 5.69 Å². The van der Waals surface area contributed by atoms with E-state index in [0.717, 1.165) is 32.2 Å². The monoisotopic (exact) mass is 333 g/mol. The maximum absolute atomic E-state index is 12.3. The van der Waals surface area contributed by atoms with E-state index in [1.807, 2.05) is 18.7 Å². The van der Waals surface area contributed by atoms with Gasteiger partial charge < -0.3 is 10.2 Å². The molecule has 0 radical (unpaired) electrons. The van der Waals surface area contributed by atoms with Gasteiger partial charge in [0, 0.05) is 18.5 Å². The molecule has 0 aromatic carbocycles. The summed E-state index contributed by atoms with van der Waals surface area (Å²) in [6.45, 7) is 5.27. The van der Waals surface area contributed by atoms with E-state index in [9.17, 15) is 9.59 Å². The van der Waals surface area contributed by atoms with E-state index in [-0.39, 0.29) is 29.8 Å². The van der Waals surface area contributed by atoms with E-state index in [0.29, 0.717) is 12.2 Å². The van der Waals surface area contributed by atoms with E-state index < -0.39 is 0 Å². The molecule has 2 heterocycles. The van der Waals surface area contributed by atoms with Crippen LogP contribution in [-0.2, 0) is 11.3 Å². The minimum atomic E-state index is -0.144. The summed E-state index contributed by atoms with van der Waals surface area (Å²) < 4.78 is 1.69. The fraction of sp³-hybridized carbons (Fsp3) is 0.765. The summed E-state index contributed by atoms with van der Waals surface area (Å²) in [6, 6.07) is 0.420. The van der Waals surface area contributed by atoms with Crippen LogP contribution in [0.1, 0.15) is 62.9 Å². The van der Waals surface area contributed by atoms with Crippen LogP contribution in [0.4, 0.5) is 0 Å². The summed E-state index contributed by atoms with van der Waals surface area (Å²) in [5, 5.41) is 11.1. The maximum atomic E-state index is 12.3. The Morgan fingerprint density at radius 3 is 2.71 bits per heavy atom. The number of likely N-dealkylation sites (tertiary alicyclic amines) is 1. The quantitative estimate of drug-likeness (QED) is 0.887. The molecular weight excluding hydrogens is 306 g/mol. The van der Waals surface area contributed by atoms with Crippen molar-refractivity contribution in [1.29, 1.82) is 0 Å². The van der Waals surface area contributed by atoms with E-state index in [1.54, 1.807) is 10.9 Å². The minimum Gasteiger partial charge on any atom is -0.348 e. The number of amides is 2. The Hall–Kier alpha value is -1.92. The van der Waals surface area contributed by atoms with Crippen LogP contribution in [0.25, 0.3) is 0 Å². The summed E-state index contributed by atoms with van der Waals surface area (Å²) in [4.78, 5) is 26.4. The molecule has 2 amide bonds. The Morgan fingerprint density at radius 2 is 2.00 bits per heavy atom. The predicted molar refractivity (Wildman–Crippen MR) is 89.3 cm³/mol. The third-order valence-corrected chi connectivity index (χ3v) is 5.01. The normalized spacial score (nSPS) is 21.6. The number of hydrogen-bond donors (Lipinski definition) is 1. The zero-order valence-corrected chi connectivity index (χ0v) is 14.6. The highest BCUT2D eigenvalue weighted by atomic mass is 16.2. The number of nitrogens with one attached hydrogen (secondary N) is 1. The van der Waals surface area contributed by atoms with Crippen molar-refractivity contribution in [3.05, 3.63) is 11.9 Å². The molecule has 2 fully saturated rings. The zero-order valence-electron chi connectivity index (χ0n) is 14.6. The van der Waals surface area contributed by atoms with Crippen LogP contribution in [0.15, 0.2) is 6.20 Å². The minimum absolute atomic E-state index is 0.00842. The molecule has 1 saturated carbocycles. The summed E-state index contributed by atoms with van der Waals surface area (Å²) in [5.74, 6) is 0.0561. The smallest absolute Gasteiger partial charge is 0.273 e. The Bertz CT molecular complexity index is 592. The third-order valence-electron chi connectivity index (χ3n) is 5.01. The topological polar surface area (TPSA) is 80.1 Å². The molecule has 1 aliphatic heterocycles. The SMILES string of the molecule is CC(C)C(=O)N1CCC[C@H]1Cn1cc(C(=O)NC2CCCC2)nn1. The first kappa shape index (κ1) is 16.9. The molecule has 1 aromatic heterocycles. The number of aromatic nitrogens is 3. The Balaban J connectivity index is 1.59. The van der Waals surface area contributed by atoms with Crippen molar-refractivity contribution in [2.75, 3.05) is 6.54 Å². The van der Waals surface area contributed by atoms with Crippen LogP contribution >= 0.6 is 0 Å². The Kier molecular flexibility index (Phi) is 5.16. The zero-order chi connectivity index (χ0) is 17.1. The van der Waals surface area contributed by atoms with Gasteiger partial charge in [-0.1, -0.05) is 31.9 Å². The fourth-order valence-corrected chi connectivity index (χ4v) is 3.68. The van der Waals surface area contributed by atoms with Crippen molar-refractivity contribution in [3.63, 3.8) is 0 Å². The first-order chi connectivity index (χ1) is 11.5. The average molecular weight is 333 g/mol. The standard InChI is InChI=1S/C17H27N5O2/c1-12(2)17(24)22-9-5-8-14(22)10-21-11-15(19-20-21)16(23)18-13-6-3-4-7-13/h11-14H,3-10H2,1-2H3,(H,18,23)/t14-/m0/s1. The highest BCUT2D eigenvalue weighted by Crippen LogP contribution is 2.21. The molecule has 0 unspecified atom stereocenters. The molecule has 1 aromatic rings. The number of carbonyl (C=O) groups is 2. The molecule has 7 heteroatoms. The third kappa shape index (κ3) is 3.76. The fourth-order valence-electron chi connectivity index (χ4n) is 3.68. The lowest BCUT2D eigenvalue weighted by atomic mass is 10.1. The van der Waals surface area contributed by atoms with Gasteiger partial charge in [0.05, 0.1) is 18.8 Å². The molecule has 0 spiro atoms. The molecule has 1 saturated heterocycles. The van der Waals surface area contributed by atoms with Gasteiger partial charge in [0.1, 0.15) is 0 Å². The first-order valence-corrected chi connectivity index (χ1v) is 9.06. The van der Waals surface area contributed by atoms with Crippen LogP contribution < -0.4 is 5.32 Å². The highest BCUT2D eigenvalue weighted by Gasteiger charge is 2.30. The van der Waals surface area contributed by atoms with Gasteiger partial charge in [-0.15, -0.1) is 5.10 Å². The second-order valence-electron chi connectivity index (χ2n) is 7.26. The molecule has 24 heavy (non-hydrogen) atoms. The van der Waals surface area contributed by atoms with E-state index >= 15 is 0 Å². The second-order valence-corrected chi connectivity index (χ2v) is 7.26. The average Bonchev–Trinajstić information content (AvgIpc) is 3.28. The van der Waals surface area contributed by atoms with Crippen molar-refractivity contribution < 1.29 is 9.59 Å². The lowest BCUT2D eigenvalue weighted by Gasteiger charge is -2.26. The van der Waals surface area contributed by atoms with Crippen LogP contribution in [-0.4, -0.2) is 50.3 Å². The van der Waals surface area contributed by atoms with Gasteiger partial charge in [-0.25, -0.2) is 4.68 Å². The lowest BCUT2D eigenvalue weighted by Crippen LogP contribution is -2.40. The van der Waals surface area contributed by atoms with Crippen molar-refractivity contribution >= 4 is 11.8 Å². The van der Waals surface area contributed by atoms with Gasteiger partial charge in [0.2, 0.25) is 5.91 Å². The molecule has 1 atom stereocenters. The molecular formula is C17H27N5O2. The Labute approximate surface area is 142 Å². The molecule has 1 aliphatic carbocycles. The van der Waals surface area contributed by atoms with Gasteiger partial charge in [-0.3, -0.25) is 9.59 Å². The molecule has 0 bridgehead atoms. The van der Waals surface area contributed by atoms with Crippen LogP contribution in [0.3, 0.4) is 0 Å². The highest BCUT2D eigenvalue weighted by molar-refractivity contribution is 5.92. The predicted octanol–water partition coefficient (Wildman–Crippen LogP) is 1.60. The number of nitrogens with zero attached hydrogens (tertiary/aromatic N) is 4. The number of hydrogen-bond acceptors (Lipinski definition) is 4. The van der Waals surface area contributed by atoms with Crippen molar-refractivity contribution in [2.45, 2.75) is 71.0 Å².